The fourth-order valence-electron chi connectivity index (χ4n) is 1.71. The van der Waals surface area contributed by atoms with E-state index in [1.165, 1.54) is 0 Å². The zero-order valence-electron chi connectivity index (χ0n) is 10.2. The topological polar surface area (TPSA) is 54.9 Å². The van der Waals surface area contributed by atoms with E-state index in [1.807, 2.05) is 25.1 Å². The van der Waals surface area contributed by atoms with Gasteiger partial charge in [0.15, 0.2) is 0 Å². The lowest BCUT2D eigenvalue weighted by Gasteiger charge is -2.16. The first-order valence-corrected chi connectivity index (χ1v) is 5.93. The Bertz CT molecular complexity index is 499. The molecule has 0 aromatic carbocycles. The van der Waals surface area contributed by atoms with Crippen molar-refractivity contribution in [1.29, 1.82) is 0 Å². The van der Waals surface area contributed by atoms with Gasteiger partial charge in [-0.1, -0.05) is 13.0 Å². The molecule has 4 nitrogen and oxygen atoms in total. The molecular formula is C14H15N3O. The molecule has 0 aliphatic heterocycles. The van der Waals surface area contributed by atoms with Crippen LogP contribution in [0.3, 0.4) is 0 Å². The predicted octanol–water partition coefficient (Wildman–Crippen LogP) is 2.36. The van der Waals surface area contributed by atoms with Crippen LogP contribution in [0.15, 0.2) is 48.9 Å². The number of hydrogen-bond acceptors (Lipinski definition) is 3. The average molecular weight is 241 g/mol. The van der Waals surface area contributed by atoms with Crippen LogP contribution in [0.5, 0.6) is 0 Å². The van der Waals surface area contributed by atoms with E-state index >= 15 is 0 Å². The molecule has 0 radical (unpaired) electrons. The first-order valence-electron chi connectivity index (χ1n) is 5.93. The molecule has 1 N–H and O–H groups in total. The maximum atomic E-state index is 12.0. The number of aromatic nitrogens is 2. The Kier molecular flexibility index (Phi) is 4.02. The van der Waals surface area contributed by atoms with E-state index in [1.54, 1.807) is 30.7 Å². The van der Waals surface area contributed by atoms with Crippen molar-refractivity contribution in [2.24, 2.45) is 0 Å². The summed E-state index contributed by atoms with van der Waals surface area (Å²) in [6.07, 6.45) is 5.75. The molecule has 2 aromatic rings. The number of amides is 1. The molecule has 2 rings (SSSR count). The van der Waals surface area contributed by atoms with Gasteiger partial charge >= 0.3 is 0 Å². The predicted molar refractivity (Wildman–Crippen MR) is 69.0 cm³/mol. The molecular weight excluding hydrogens is 226 g/mol. The Morgan fingerprint density at radius 2 is 2.00 bits per heavy atom. The summed E-state index contributed by atoms with van der Waals surface area (Å²) in [6.45, 7) is 2.02. The molecule has 0 saturated heterocycles. The van der Waals surface area contributed by atoms with Crippen LogP contribution in [0.2, 0.25) is 0 Å². The number of nitrogens with one attached hydrogen (secondary N) is 1. The van der Waals surface area contributed by atoms with Gasteiger partial charge < -0.3 is 5.32 Å². The standard InChI is InChI=1S/C14H15N3O/c1-2-12(13-5-3-4-8-16-13)17-14(18)11-6-9-15-10-7-11/h3-10,12H,2H2,1H3,(H,17,18)/t12-/m0/s1. The van der Waals surface area contributed by atoms with E-state index in [4.69, 9.17) is 0 Å². The van der Waals surface area contributed by atoms with Gasteiger partial charge in [0.25, 0.3) is 5.91 Å². The third-order valence-corrected chi connectivity index (χ3v) is 2.70. The van der Waals surface area contributed by atoms with Gasteiger partial charge in [0.1, 0.15) is 0 Å². The third kappa shape index (κ3) is 2.91. The minimum absolute atomic E-state index is 0.0631. The molecule has 1 amide bonds. The fourth-order valence-corrected chi connectivity index (χ4v) is 1.71. The second kappa shape index (κ2) is 5.91. The van der Waals surface area contributed by atoms with Gasteiger partial charge in [-0.25, -0.2) is 0 Å². The van der Waals surface area contributed by atoms with E-state index < -0.39 is 0 Å². The molecule has 2 aromatic heterocycles. The van der Waals surface area contributed by atoms with Crippen LogP contribution in [-0.2, 0) is 0 Å². The van der Waals surface area contributed by atoms with Gasteiger partial charge in [0.05, 0.1) is 11.7 Å². The Balaban J connectivity index is 2.10. The summed E-state index contributed by atoms with van der Waals surface area (Å²) in [5.41, 5.74) is 1.49. The molecule has 0 saturated carbocycles. The zero-order chi connectivity index (χ0) is 12.8. The number of nitrogens with zero attached hydrogens (tertiary/aromatic N) is 2. The molecule has 0 unspecified atom stereocenters. The second-order valence-electron chi connectivity index (χ2n) is 3.92. The number of hydrogen-bond donors (Lipinski definition) is 1. The van der Waals surface area contributed by atoms with Crippen molar-refractivity contribution in [3.05, 3.63) is 60.2 Å². The monoisotopic (exact) mass is 241 g/mol. The van der Waals surface area contributed by atoms with Crippen LogP contribution in [0.25, 0.3) is 0 Å². The van der Waals surface area contributed by atoms with E-state index in [-0.39, 0.29) is 11.9 Å². The summed E-state index contributed by atoms with van der Waals surface area (Å²) < 4.78 is 0. The van der Waals surface area contributed by atoms with Crippen LogP contribution < -0.4 is 5.32 Å². The normalized spacial score (nSPS) is 11.8. The van der Waals surface area contributed by atoms with Gasteiger partial charge in [-0.2, -0.15) is 0 Å². The van der Waals surface area contributed by atoms with Crippen LogP contribution >= 0.6 is 0 Å². The highest BCUT2D eigenvalue weighted by molar-refractivity contribution is 5.94. The number of pyridine rings is 2. The summed E-state index contributed by atoms with van der Waals surface area (Å²) in [6, 6.07) is 9.03. The van der Waals surface area contributed by atoms with Crippen molar-refractivity contribution in [3.8, 4) is 0 Å². The van der Waals surface area contributed by atoms with Gasteiger partial charge in [-0.15, -0.1) is 0 Å². The number of carbonyl (C=O) groups excluding carboxylic acids is 1. The van der Waals surface area contributed by atoms with Crippen LogP contribution in [0, 0.1) is 0 Å². The molecule has 18 heavy (non-hydrogen) atoms. The fraction of sp³-hybridized carbons (Fsp3) is 0.214. The summed E-state index contributed by atoms with van der Waals surface area (Å²) in [5, 5.41) is 2.97. The Morgan fingerprint density at radius 1 is 1.22 bits per heavy atom. The summed E-state index contributed by atoms with van der Waals surface area (Å²) in [7, 11) is 0. The molecule has 1 atom stereocenters. The van der Waals surface area contributed by atoms with E-state index in [9.17, 15) is 4.79 Å². The zero-order valence-corrected chi connectivity index (χ0v) is 10.2. The smallest absolute Gasteiger partial charge is 0.251 e. The van der Waals surface area contributed by atoms with E-state index in [0.29, 0.717) is 5.56 Å². The van der Waals surface area contributed by atoms with Crippen molar-refractivity contribution < 1.29 is 4.79 Å². The molecule has 0 fully saturated rings. The van der Waals surface area contributed by atoms with Gasteiger partial charge in [-0.05, 0) is 30.7 Å². The van der Waals surface area contributed by atoms with Crippen molar-refractivity contribution in [2.75, 3.05) is 0 Å². The molecule has 0 spiro atoms. The van der Waals surface area contributed by atoms with Crippen LogP contribution in [-0.4, -0.2) is 15.9 Å². The highest BCUT2D eigenvalue weighted by Gasteiger charge is 2.14. The summed E-state index contributed by atoms with van der Waals surface area (Å²) in [4.78, 5) is 20.2. The SMILES string of the molecule is CC[C@H](NC(=O)c1ccncc1)c1ccccn1. The molecule has 0 aliphatic rings. The largest absolute Gasteiger partial charge is 0.344 e. The van der Waals surface area contributed by atoms with Crippen molar-refractivity contribution >= 4 is 5.91 Å². The van der Waals surface area contributed by atoms with Gasteiger partial charge in [-0.3, -0.25) is 14.8 Å². The lowest BCUT2D eigenvalue weighted by molar-refractivity contribution is 0.0934. The lowest BCUT2D eigenvalue weighted by Crippen LogP contribution is -2.28. The Hall–Kier alpha value is -2.23. The minimum Gasteiger partial charge on any atom is -0.344 e. The van der Waals surface area contributed by atoms with Gasteiger partial charge in [0, 0.05) is 24.2 Å². The first kappa shape index (κ1) is 12.2. The molecule has 2 heterocycles. The minimum atomic E-state index is -0.102. The maximum Gasteiger partial charge on any atom is 0.251 e. The quantitative estimate of drug-likeness (QED) is 0.894. The van der Waals surface area contributed by atoms with Crippen LogP contribution in [0.1, 0.15) is 35.4 Å². The van der Waals surface area contributed by atoms with Crippen LogP contribution in [0.4, 0.5) is 0 Å². The summed E-state index contributed by atoms with van der Waals surface area (Å²) >= 11 is 0. The van der Waals surface area contributed by atoms with E-state index in [0.717, 1.165) is 12.1 Å². The molecule has 0 aliphatic carbocycles. The third-order valence-electron chi connectivity index (χ3n) is 2.70. The van der Waals surface area contributed by atoms with Crippen molar-refractivity contribution in [3.63, 3.8) is 0 Å². The summed E-state index contributed by atoms with van der Waals surface area (Å²) in [5.74, 6) is -0.102. The van der Waals surface area contributed by atoms with Crippen molar-refractivity contribution in [2.45, 2.75) is 19.4 Å². The average Bonchev–Trinajstić information content (AvgIpc) is 2.46. The lowest BCUT2D eigenvalue weighted by atomic mass is 10.1. The highest BCUT2D eigenvalue weighted by Crippen LogP contribution is 2.14. The first-order chi connectivity index (χ1) is 8.81. The van der Waals surface area contributed by atoms with Gasteiger partial charge in [0.2, 0.25) is 0 Å². The molecule has 4 heteroatoms. The van der Waals surface area contributed by atoms with Crippen molar-refractivity contribution in [1.82, 2.24) is 15.3 Å². The van der Waals surface area contributed by atoms with E-state index in [2.05, 4.69) is 15.3 Å². The molecule has 0 bridgehead atoms. The Morgan fingerprint density at radius 3 is 2.61 bits per heavy atom. The Labute approximate surface area is 106 Å². The second-order valence-corrected chi connectivity index (χ2v) is 3.92. The maximum absolute atomic E-state index is 12.0. The number of carbonyl (C=O) groups is 1. The number of rotatable bonds is 4. The highest BCUT2D eigenvalue weighted by atomic mass is 16.1. The molecule has 92 valence electrons.